The van der Waals surface area contributed by atoms with Crippen molar-refractivity contribution in [3.8, 4) is 22.6 Å². The molecule has 0 saturated heterocycles. The summed E-state index contributed by atoms with van der Waals surface area (Å²) in [6.07, 6.45) is 4.46. The lowest BCUT2D eigenvalue weighted by Crippen LogP contribution is -2.33. The number of halogens is 1. The molecule has 0 radical (unpaired) electrons. The van der Waals surface area contributed by atoms with Gasteiger partial charge in [0.2, 0.25) is 0 Å². The van der Waals surface area contributed by atoms with Crippen LogP contribution in [-0.4, -0.2) is 19.1 Å². The molecule has 6 rings (SSSR count). The highest BCUT2D eigenvalue weighted by Crippen LogP contribution is 2.57. The Bertz CT molecular complexity index is 1540. The van der Waals surface area contributed by atoms with Crippen molar-refractivity contribution < 1.29 is 18.7 Å². The van der Waals surface area contributed by atoms with E-state index in [1.807, 2.05) is 48.5 Å². The number of carbonyl (C=O) groups is 1. The van der Waals surface area contributed by atoms with Gasteiger partial charge in [-0.2, -0.15) is 0 Å². The van der Waals surface area contributed by atoms with E-state index in [1.165, 1.54) is 6.07 Å². The van der Waals surface area contributed by atoms with Crippen LogP contribution in [0.1, 0.15) is 66.6 Å². The second-order valence-corrected chi connectivity index (χ2v) is 10.3. The molecule has 4 aromatic carbocycles. The maximum Gasteiger partial charge on any atom is 0.340 e. The number of fused-ring (bicyclic) bond motifs is 6. The van der Waals surface area contributed by atoms with Crippen LogP contribution < -0.4 is 9.64 Å². The smallest absolute Gasteiger partial charge is 0.340 e. The van der Waals surface area contributed by atoms with E-state index >= 15 is 0 Å². The summed E-state index contributed by atoms with van der Waals surface area (Å²) in [5, 5.41) is 0. The minimum Gasteiger partial charge on any atom is -0.456 e. The number of nitrogens with zero attached hydrogens (tertiary/aromatic N) is 1. The summed E-state index contributed by atoms with van der Waals surface area (Å²) in [5.41, 5.74) is 3.85. The van der Waals surface area contributed by atoms with Crippen LogP contribution in [0.3, 0.4) is 0 Å². The number of ether oxygens (including phenoxy) is 2. The first kappa shape index (κ1) is 25.2. The minimum absolute atomic E-state index is 0.309. The fourth-order valence-corrected chi connectivity index (χ4v) is 5.79. The SMILES string of the molecule is CCCCN(CCCC)c1ccc2c(c1)Oc1ccc(-c3ccccc3F)cc1C21OC(=O)c2ccccc21. The molecule has 4 nitrogen and oxygen atoms in total. The summed E-state index contributed by atoms with van der Waals surface area (Å²) in [5.74, 6) is 0.577. The molecule has 4 aromatic rings. The van der Waals surface area contributed by atoms with Gasteiger partial charge in [0.1, 0.15) is 17.3 Å². The monoisotopic (exact) mass is 521 g/mol. The van der Waals surface area contributed by atoms with Crippen LogP contribution in [0.4, 0.5) is 10.1 Å². The number of hydrogen-bond acceptors (Lipinski definition) is 4. The molecule has 39 heavy (non-hydrogen) atoms. The normalized spacial score (nSPS) is 16.7. The Balaban J connectivity index is 1.54. The Labute approximate surface area is 229 Å². The molecule has 0 N–H and O–H groups in total. The molecule has 1 spiro atoms. The van der Waals surface area contributed by atoms with Crippen LogP contribution in [0, 0.1) is 5.82 Å². The maximum atomic E-state index is 14.8. The topological polar surface area (TPSA) is 38.8 Å². The molecular weight excluding hydrogens is 489 g/mol. The lowest BCUT2D eigenvalue weighted by Gasteiger charge is -2.37. The van der Waals surface area contributed by atoms with Crippen molar-refractivity contribution in [1.29, 1.82) is 0 Å². The molecule has 2 heterocycles. The van der Waals surface area contributed by atoms with Crippen LogP contribution >= 0.6 is 0 Å². The third-order valence-electron chi connectivity index (χ3n) is 7.81. The minimum atomic E-state index is -1.19. The quantitative estimate of drug-likeness (QED) is 0.218. The highest BCUT2D eigenvalue weighted by Gasteiger charge is 2.53. The highest BCUT2D eigenvalue weighted by molar-refractivity contribution is 5.97. The fraction of sp³-hybridized carbons (Fsp3) is 0.265. The summed E-state index contributed by atoms with van der Waals surface area (Å²) in [7, 11) is 0. The van der Waals surface area contributed by atoms with Crippen LogP contribution in [0.2, 0.25) is 0 Å². The van der Waals surface area contributed by atoms with Crippen molar-refractivity contribution in [2.75, 3.05) is 18.0 Å². The van der Waals surface area contributed by atoms with Crippen molar-refractivity contribution in [3.05, 3.63) is 113 Å². The largest absolute Gasteiger partial charge is 0.456 e. The Hall–Kier alpha value is -4.12. The second kappa shape index (κ2) is 10.2. The molecule has 5 heteroatoms. The van der Waals surface area contributed by atoms with E-state index in [-0.39, 0.29) is 11.8 Å². The summed E-state index contributed by atoms with van der Waals surface area (Å²) in [4.78, 5) is 15.7. The van der Waals surface area contributed by atoms with E-state index in [0.717, 1.165) is 55.6 Å². The maximum absolute atomic E-state index is 14.8. The highest BCUT2D eigenvalue weighted by atomic mass is 19.1. The van der Waals surface area contributed by atoms with Crippen molar-refractivity contribution in [1.82, 2.24) is 0 Å². The first-order valence-corrected chi connectivity index (χ1v) is 13.9. The summed E-state index contributed by atoms with van der Waals surface area (Å²) < 4.78 is 27.7. The van der Waals surface area contributed by atoms with Crippen molar-refractivity contribution in [2.24, 2.45) is 0 Å². The molecule has 198 valence electrons. The number of unbranched alkanes of at least 4 members (excludes halogenated alkanes) is 2. The van der Waals surface area contributed by atoms with Gasteiger partial charge in [-0.15, -0.1) is 0 Å². The molecule has 0 bridgehead atoms. The molecule has 1 atom stereocenters. The van der Waals surface area contributed by atoms with E-state index < -0.39 is 5.60 Å². The summed E-state index contributed by atoms with van der Waals surface area (Å²) in [6, 6.07) is 26.0. The lowest BCUT2D eigenvalue weighted by atomic mass is 9.77. The zero-order valence-electron chi connectivity index (χ0n) is 22.4. The summed E-state index contributed by atoms with van der Waals surface area (Å²) in [6.45, 7) is 6.36. The summed E-state index contributed by atoms with van der Waals surface area (Å²) >= 11 is 0. The van der Waals surface area contributed by atoms with Crippen molar-refractivity contribution in [3.63, 3.8) is 0 Å². The van der Waals surface area contributed by atoms with E-state index in [0.29, 0.717) is 33.8 Å². The number of anilines is 1. The molecule has 2 aliphatic rings. The fourth-order valence-electron chi connectivity index (χ4n) is 5.79. The van der Waals surface area contributed by atoms with Gasteiger partial charge >= 0.3 is 5.97 Å². The Morgan fingerprint density at radius 1 is 0.744 bits per heavy atom. The number of carbonyl (C=O) groups excluding carboxylic acids is 1. The van der Waals surface area contributed by atoms with Crippen LogP contribution in [-0.2, 0) is 10.3 Å². The average Bonchev–Trinajstić information content (AvgIpc) is 3.26. The van der Waals surface area contributed by atoms with Gasteiger partial charge in [-0.25, -0.2) is 9.18 Å². The molecular formula is C34H32FNO3. The molecule has 0 amide bonds. The number of benzene rings is 4. The van der Waals surface area contributed by atoms with Gasteiger partial charge in [0.25, 0.3) is 0 Å². The van der Waals surface area contributed by atoms with Gasteiger partial charge in [0, 0.05) is 47.1 Å². The van der Waals surface area contributed by atoms with Gasteiger partial charge in [0.15, 0.2) is 5.60 Å². The second-order valence-electron chi connectivity index (χ2n) is 10.3. The predicted molar refractivity (Wildman–Crippen MR) is 152 cm³/mol. The van der Waals surface area contributed by atoms with Gasteiger partial charge in [-0.3, -0.25) is 0 Å². The van der Waals surface area contributed by atoms with Crippen LogP contribution in [0.25, 0.3) is 11.1 Å². The zero-order chi connectivity index (χ0) is 27.0. The number of rotatable bonds is 8. The van der Waals surface area contributed by atoms with Gasteiger partial charge in [-0.05, 0) is 54.8 Å². The molecule has 1 unspecified atom stereocenters. The molecule has 0 saturated carbocycles. The van der Waals surface area contributed by atoms with E-state index in [9.17, 15) is 9.18 Å². The van der Waals surface area contributed by atoms with E-state index in [1.54, 1.807) is 18.2 Å². The first-order chi connectivity index (χ1) is 19.1. The molecule has 2 aliphatic heterocycles. The Morgan fingerprint density at radius 3 is 2.21 bits per heavy atom. The van der Waals surface area contributed by atoms with Gasteiger partial charge < -0.3 is 14.4 Å². The Kier molecular flexibility index (Phi) is 6.59. The lowest BCUT2D eigenvalue weighted by molar-refractivity contribution is 0.0224. The van der Waals surface area contributed by atoms with E-state index in [2.05, 4.69) is 30.9 Å². The number of hydrogen-bond donors (Lipinski definition) is 0. The molecule has 0 fully saturated rings. The third-order valence-corrected chi connectivity index (χ3v) is 7.81. The van der Waals surface area contributed by atoms with Gasteiger partial charge in [-0.1, -0.05) is 69.2 Å². The standard InChI is InChI=1S/C34H32FNO3/c1-3-5-19-36(20-6-4-2)24-16-17-28-32(22-24)38-31-18-15-23(25-11-8-10-14-30(25)35)21-29(31)34(28)27-13-9-7-12-26(27)33(37)39-34/h7-18,21-22H,3-6,19-20H2,1-2H3. The van der Waals surface area contributed by atoms with Gasteiger partial charge in [0.05, 0.1) is 5.56 Å². The molecule has 0 aromatic heterocycles. The predicted octanol–water partition coefficient (Wildman–Crippen LogP) is 8.47. The third kappa shape index (κ3) is 4.17. The van der Waals surface area contributed by atoms with E-state index in [4.69, 9.17) is 9.47 Å². The van der Waals surface area contributed by atoms with Crippen molar-refractivity contribution in [2.45, 2.75) is 45.1 Å². The molecule has 0 aliphatic carbocycles. The van der Waals surface area contributed by atoms with Crippen molar-refractivity contribution >= 4 is 11.7 Å². The van der Waals surface area contributed by atoms with Crippen LogP contribution in [0.15, 0.2) is 84.9 Å². The number of esters is 1. The first-order valence-electron chi connectivity index (χ1n) is 13.9. The van der Waals surface area contributed by atoms with Crippen LogP contribution in [0.5, 0.6) is 11.5 Å². The Morgan fingerprint density at radius 2 is 1.46 bits per heavy atom. The zero-order valence-corrected chi connectivity index (χ0v) is 22.4. The average molecular weight is 522 g/mol.